The maximum atomic E-state index is 11.8. The van der Waals surface area contributed by atoms with Crippen LogP contribution in [-0.2, 0) is 16.4 Å². The predicted octanol–water partition coefficient (Wildman–Crippen LogP) is 1.48. The molecule has 0 fully saturated rings. The van der Waals surface area contributed by atoms with Crippen LogP contribution in [0.3, 0.4) is 0 Å². The Morgan fingerprint density at radius 2 is 2.05 bits per heavy atom. The summed E-state index contributed by atoms with van der Waals surface area (Å²) >= 11 is 1.30. The normalized spacial score (nSPS) is 12.0. The van der Waals surface area contributed by atoms with Gasteiger partial charge in [-0.1, -0.05) is 32.1 Å². The lowest BCUT2D eigenvalue weighted by Crippen LogP contribution is -2.21. The van der Waals surface area contributed by atoms with Crippen LogP contribution < -0.4 is 10.0 Å². The Morgan fingerprint density at radius 3 is 2.68 bits per heavy atom. The molecule has 0 amide bonds. The van der Waals surface area contributed by atoms with Gasteiger partial charge in [0.2, 0.25) is 15.2 Å². The van der Waals surface area contributed by atoms with Crippen LogP contribution in [0.1, 0.15) is 32.2 Å². The van der Waals surface area contributed by atoms with E-state index in [1.165, 1.54) is 11.3 Å². The molecule has 0 aromatic carbocycles. The zero-order chi connectivity index (χ0) is 14.3. The first-order valence-corrected chi connectivity index (χ1v) is 8.93. The second kappa shape index (κ2) is 7.76. The summed E-state index contributed by atoms with van der Waals surface area (Å²) in [7, 11) is -3.31. The van der Waals surface area contributed by atoms with Gasteiger partial charge < -0.3 is 5.32 Å². The minimum Gasteiger partial charge on any atom is -0.317 e. The lowest BCUT2D eigenvalue weighted by molar-refractivity contribution is 0.595. The summed E-state index contributed by atoms with van der Waals surface area (Å²) < 4.78 is 26.1. The molecule has 1 heterocycles. The van der Waals surface area contributed by atoms with Gasteiger partial charge in [-0.25, -0.2) is 8.42 Å². The van der Waals surface area contributed by atoms with Crippen molar-refractivity contribution in [2.24, 2.45) is 5.92 Å². The molecule has 110 valence electrons. The predicted molar refractivity (Wildman–Crippen MR) is 79.0 cm³/mol. The van der Waals surface area contributed by atoms with E-state index in [9.17, 15) is 8.42 Å². The van der Waals surface area contributed by atoms with Crippen LogP contribution in [0, 0.1) is 5.92 Å². The summed E-state index contributed by atoms with van der Waals surface area (Å²) in [5.41, 5.74) is 0. The Kier molecular flexibility index (Phi) is 6.67. The molecule has 0 spiro atoms. The number of hydrogen-bond acceptors (Lipinski definition) is 6. The van der Waals surface area contributed by atoms with Crippen molar-refractivity contribution in [3.63, 3.8) is 0 Å². The lowest BCUT2D eigenvalue weighted by atomic mass is 10.1. The maximum absolute atomic E-state index is 11.8. The molecule has 0 saturated heterocycles. The molecule has 2 N–H and O–H groups in total. The fourth-order valence-corrected chi connectivity index (χ4v) is 3.76. The lowest BCUT2D eigenvalue weighted by Gasteiger charge is -2.04. The zero-order valence-electron chi connectivity index (χ0n) is 11.6. The van der Waals surface area contributed by atoms with E-state index in [0.717, 1.165) is 18.0 Å². The van der Waals surface area contributed by atoms with Gasteiger partial charge in [0.05, 0.1) is 5.75 Å². The minimum absolute atomic E-state index is 0.0963. The van der Waals surface area contributed by atoms with E-state index in [-0.39, 0.29) is 5.75 Å². The van der Waals surface area contributed by atoms with Crippen molar-refractivity contribution in [1.29, 1.82) is 0 Å². The zero-order valence-corrected chi connectivity index (χ0v) is 13.3. The molecule has 0 aliphatic carbocycles. The number of hydrogen-bond donors (Lipinski definition) is 2. The third kappa shape index (κ3) is 6.84. The quantitative estimate of drug-likeness (QED) is 0.675. The van der Waals surface area contributed by atoms with Gasteiger partial charge in [-0.15, -0.1) is 10.2 Å². The molecule has 0 radical (unpaired) electrons. The van der Waals surface area contributed by atoms with Crippen LogP contribution >= 0.6 is 11.3 Å². The number of nitrogens with zero attached hydrogens (tertiary/aromatic N) is 2. The molecule has 1 rings (SSSR count). The number of sulfonamides is 1. The van der Waals surface area contributed by atoms with Crippen molar-refractivity contribution in [3.8, 4) is 0 Å². The van der Waals surface area contributed by atoms with Gasteiger partial charge in [0.15, 0.2) is 0 Å². The second-order valence-corrected chi connectivity index (χ2v) is 7.63. The van der Waals surface area contributed by atoms with Gasteiger partial charge in [-0.2, -0.15) is 0 Å². The Labute approximate surface area is 119 Å². The molecule has 1 aromatic heterocycles. The smallest absolute Gasteiger partial charge is 0.234 e. The highest BCUT2D eigenvalue weighted by molar-refractivity contribution is 7.92. The molecule has 0 bridgehead atoms. The number of anilines is 1. The van der Waals surface area contributed by atoms with Crippen molar-refractivity contribution < 1.29 is 8.42 Å². The van der Waals surface area contributed by atoms with E-state index in [1.54, 1.807) is 0 Å². The Morgan fingerprint density at radius 1 is 1.32 bits per heavy atom. The SMILES string of the molecule is CCNCCCS(=O)(=O)Nc1nnc(CC(C)C)s1. The average Bonchev–Trinajstić information content (AvgIpc) is 2.70. The Balaban J connectivity index is 2.46. The second-order valence-electron chi connectivity index (χ2n) is 4.73. The van der Waals surface area contributed by atoms with Gasteiger partial charge >= 0.3 is 0 Å². The van der Waals surface area contributed by atoms with Crippen LogP contribution in [0.25, 0.3) is 0 Å². The fraction of sp³-hybridized carbons (Fsp3) is 0.818. The standard InChI is InChI=1S/C11H22N4O2S2/c1-4-12-6-5-7-19(16,17)15-11-14-13-10(18-11)8-9(2)3/h9,12H,4-8H2,1-3H3,(H,14,15). The van der Waals surface area contributed by atoms with Crippen molar-refractivity contribution in [2.75, 3.05) is 23.6 Å². The van der Waals surface area contributed by atoms with Crippen LogP contribution in [0.2, 0.25) is 0 Å². The Hall–Kier alpha value is -0.730. The summed E-state index contributed by atoms with van der Waals surface area (Å²) in [6.07, 6.45) is 1.40. The monoisotopic (exact) mass is 306 g/mol. The molecule has 0 unspecified atom stereocenters. The average molecular weight is 306 g/mol. The van der Waals surface area contributed by atoms with Gasteiger partial charge in [-0.05, 0) is 25.4 Å². The molecule has 0 aliphatic rings. The highest BCUT2D eigenvalue weighted by atomic mass is 32.2. The highest BCUT2D eigenvalue weighted by Crippen LogP contribution is 2.19. The van der Waals surface area contributed by atoms with Gasteiger partial charge in [0, 0.05) is 6.42 Å². The van der Waals surface area contributed by atoms with Crippen molar-refractivity contribution in [2.45, 2.75) is 33.6 Å². The van der Waals surface area contributed by atoms with Gasteiger partial charge in [0.1, 0.15) is 5.01 Å². The van der Waals surface area contributed by atoms with E-state index in [2.05, 4.69) is 34.1 Å². The molecule has 19 heavy (non-hydrogen) atoms. The number of rotatable bonds is 9. The molecule has 6 nitrogen and oxygen atoms in total. The summed E-state index contributed by atoms with van der Waals surface area (Å²) in [6, 6.07) is 0. The van der Waals surface area contributed by atoms with Crippen molar-refractivity contribution in [3.05, 3.63) is 5.01 Å². The van der Waals surface area contributed by atoms with Crippen LogP contribution in [0.15, 0.2) is 0 Å². The summed E-state index contributed by atoms with van der Waals surface area (Å²) in [5, 5.41) is 12.2. The summed E-state index contributed by atoms with van der Waals surface area (Å²) in [5.74, 6) is 0.580. The topological polar surface area (TPSA) is 84.0 Å². The number of aromatic nitrogens is 2. The van der Waals surface area contributed by atoms with Gasteiger partial charge in [0.25, 0.3) is 0 Å². The highest BCUT2D eigenvalue weighted by Gasteiger charge is 2.14. The number of nitrogens with one attached hydrogen (secondary N) is 2. The minimum atomic E-state index is -3.31. The molecule has 8 heteroatoms. The van der Waals surface area contributed by atoms with Crippen LogP contribution in [0.5, 0.6) is 0 Å². The molecular formula is C11H22N4O2S2. The third-order valence-electron chi connectivity index (χ3n) is 2.31. The molecule has 0 saturated carbocycles. The van der Waals surface area contributed by atoms with Crippen molar-refractivity contribution in [1.82, 2.24) is 15.5 Å². The molecule has 0 atom stereocenters. The largest absolute Gasteiger partial charge is 0.317 e. The first-order chi connectivity index (χ1) is 8.93. The van der Waals surface area contributed by atoms with E-state index in [1.807, 2.05) is 6.92 Å². The first kappa shape index (κ1) is 16.3. The van der Waals surface area contributed by atoms with E-state index in [4.69, 9.17) is 0 Å². The van der Waals surface area contributed by atoms with E-state index >= 15 is 0 Å². The van der Waals surface area contributed by atoms with Crippen LogP contribution in [-0.4, -0.2) is 37.5 Å². The molecular weight excluding hydrogens is 284 g/mol. The maximum Gasteiger partial charge on any atom is 0.234 e. The van der Waals surface area contributed by atoms with E-state index in [0.29, 0.717) is 24.0 Å². The molecule has 0 aliphatic heterocycles. The molecule has 1 aromatic rings. The fourth-order valence-electron chi connectivity index (χ4n) is 1.47. The summed E-state index contributed by atoms with van der Waals surface area (Å²) in [6.45, 7) is 7.72. The van der Waals surface area contributed by atoms with E-state index < -0.39 is 10.0 Å². The Bertz CT molecular complexity index is 471. The van der Waals surface area contributed by atoms with Crippen LogP contribution in [0.4, 0.5) is 5.13 Å². The first-order valence-electron chi connectivity index (χ1n) is 6.46. The van der Waals surface area contributed by atoms with Crippen molar-refractivity contribution >= 4 is 26.5 Å². The summed E-state index contributed by atoms with van der Waals surface area (Å²) in [4.78, 5) is 0. The third-order valence-corrected chi connectivity index (χ3v) is 4.63. The van der Waals surface area contributed by atoms with Gasteiger partial charge in [-0.3, -0.25) is 4.72 Å².